The van der Waals surface area contributed by atoms with Gasteiger partial charge in [0.25, 0.3) is 5.56 Å². The van der Waals surface area contributed by atoms with E-state index in [0.29, 0.717) is 5.56 Å². The molecule has 3 rings (SSSR count). The summed E-state index contributed by atoms with van der Waals surface area (Å²) < 4.78 is 6.07. The maximum absolute atomic E-state index is 12.1. The van der Waals surface area contributed by atoms with Crippen LogP contribution in [0, 0.1) is 0 Å². The quantitative estimate of drug-likeness (QED) is 0.727. The smallest absolute Gasteiger partial charge is 0.255 e. The van der Waals surface area contributed by atoms with Gasteiger partial charge in [0.1, 0.15) is 11.5 Å². The van der Waals surface area contributed by atoms with Crippen LogP contribution in [0.15, 0.2) is 71.7 Å². The molecule has 122 valence electrons. The molecule has 0 atom stereocenters. The number of aromatic amines is 1. The molecule has 0 bridgehead atoms. The lowest BCUT2D eigenvalue weighted by molar-refractivity contribution is 0.455. The summed E-state index contributed by atoms with van der Waals surface area (Å²) >= 11 is 0. The van der Waals surface area contributed by atoms with E-state index in [9.17, 15) is 4.79 Å². The van der Waals surface area contributed by atoms with Crippen LogP contribution < -0.4 is 10.3 Å². The zero-order valence-electron chi connectivity index (χ0n) is 14.2. The first-order valence-electron chi connectivity index (χ1n) is 8.01. The number of rotatable bonds is 3. The number of para-hydroxylation sites is 1. The summed E-state index contributed by atoms with van der Waals surface area (Å²) in [5.74, 6) is 1.61. The van der Waals surface area contributed by atoms with Crippen molar-refractivity contribution in [1.29, 1.82) is 0 Å². The first kappa shape index (κ1) is 16.1. The van der Waals surface area contributed by atoms with Gasteiger partial charge in [-0.05, 0) is 47.4 Å². The van der Waals surface area contributed by atoms with Gasteiger partial charge in [0.2, 0.25) is 0 Å². The maximum Gasteiger partial charge on any atom is 0.255 e. The fraction of sp³-hybridized carbons (Fsp3) is 0.190. The van der Waals surface area contributed by atoms with E-state index in [2.05, 4.69) is 25.8 Å². The number of nitrogens with one attached hydrogen (secondary N) is 1. The molecular formula is C21H21NO2. The lowest BCUT2D eigenvalue weighted by Crippen LogP contribution is -2.14. The molecule has 0 radical (unpaired) electrons. The minimum atomic E-state index is -0.109. The first-order chi connectivity index (χ1) is 11.4. The Bertz CT molecular complexity index is 889. The van der Waals surface area contributed by atoms with Gasteiger partial charge >= 0.3 is 0 Å². The summed E-state index contributed by atoms with van der Waals surface area (Å²) in [5.41, 5.74) is 2.42. The highest BCUT2D eigenvalue weighted by atomic mass is 16.5. The van der Waals surface area contributed by atoms with Crippen LogP contribution in [0.1, 0.15) is 26.3 Å². The van der Waals surface area contributed by atoms with Crippen molar-refractivity contribution in [3.8, 4) is 22.6 Å². The molecule has 1 aromatic heterocycles. The van der Waals surface area contributed by atoms with Crippen molar-refractivity contribution in [3.05, 3.63) is 82.8 Å². The van der Waals surface area contributed by atoms with Gasteiger partial charge in [-0.3, -0.25) is 4.79 Å². The Hall–Kier alpha value is -2.81. The summed E-state index contributed by atoms with van der Waals surface area (Å²) in [5, 5.41) is 0. The van der Waals surface area contributed by atoms with E-state index < -0.39 is 0 Å². The molecule has 0 aliphatic carbocycles. The third-order valence-electron chi connectivity index (χ3n) is 3.89. The molecule has 0 spiro atoms. The van der Waals surface area contributed by atoms with E-state index in [1.165, 1.54) is 0 Å². The minimum absolute atomic E-state index is 0.0888. The van der Waals surface area contributed by atoms with Crippen LogP contribution in [0.3, 0.4) is 0 Å². The monoisotopic (exact) mass is 319 g/mol. The predicted molar refractivity (Wildman–Crippen MR) is 97.7 cm³/mol. The van der Waals surface area contributed by atoms with Crippen LogP contribution in [-0.2, 0) is 5.41 Å². The minimum Gasteiger partial charge on any atom is -0.457 e. The molecule has 2 aromatic carbocycles. The number of aromatic nitrogens is 1. The van der Waals surface area contributed by atoms with Crippen molar-refractivity contribution in [1.82, 2.24) is 4.98 Å². The van der Waals surface area contributed by atoms with E-state index in [1.54, 1.807) is 6.20 Å². The van der Waals surface area contributed by atoms with Crippen LogP contribution in [0.4, 0.5) is 0 Å². The van der Waals surface area contributed by atoms with E-state index in [0.717, 1.165) is 22.6 Å². The molecular weight excluding hydrogens is 298 g/mol. The Morgan fingerprint density at radius 2 is 1.67 bits per heavy atom. The highest BCUT2D eigenvalue weighted by Gasteiger charge is 2.21. The molecule has 3 aromatic rings. The van der Waals surface area contributed by atoms with Crippen LogP contribution in [-0.4, -0.2) is 4.98 Å². The number of hydrogen-bond donors (Lipinski definition) is 1. The fourth-order valence-electron chi connectivity index (χ4n) is 2.64. The van der Waals surface area contributed by atoms with Gasteiger partial charge in [-0.25, -0.2) is 0 Å². The summed E-state index contributed by atoms with van der Waals surface area (Å²) in [6.07, 6.45) is 1.64. The Kier molecular flexibility index (Phi) is 4.26. The molecule has 0 unspecified atom stereocenters. The number of ether oxygens (including phenoxy) is 1. The molecule has 24 heavy (non-hydrogen) atoms. The van der Waals surface area contributed by atoms with Crippen molar-refractivity contribution in [2.45, 2.75) is 26.2 Å². The van der Waals surface area contributed by atoms with E-state index in [4.69, 9.17) is 4.74 Å². The van der Waals surface area contributed by atoms with Gasteiger partial charge in [-0.2, -0.15) is 0 Å². The Morgan fingerprint density at radius 3 is 2.33 bits per heavy atom. The van der Waals surface area contributed by atoms with Crippen LogP contribution in [0.5, 0.6) is 11.5 Å². The van der Waals surface area contributed by atoms with Crippen molar-refractivity contribution < 1.29 is 4.74 Å². The number of H-pyrrole nitrogens is 1. The number of pyridine rings is 1. The Morgan fingerprint density at radius 1 is 0.917 bits per heavy atom. The third-order valence-corrected chi connectivity index (χ3v) is 3.89. The third kappa shape index (κ3) is 3.40. The second-order valence-electron chi connectivity index (χ2n) is 6.79. The molecule has 3 nitrogen and oxygen atoms in total. The molecule has 0 aliphatic heterocycles. The molecule has 0 fully saturated rings. The molecule has 0 saturated carbocycles. The lowest BCUT2D eigenvalue weighted by atomic mass is 9.84. The Balaban J connectivity index is 2.08. The van der Waals surface area contributed by atoms with Gasteiger partial charge in [-0.1, -0.05) is 45.0 Å². The van der Waals surface area contributed by atoms with Gasteiger partial charge in [0.05, 0.1) is 0 Å². The molecule has 0 saturated heterocycles. The topological polar surface area (TPSA) is 42.1 Å². The average molecular weight is 319 g/mol. The molecule has 1 heterocycles. The first-order valence-corrected chi connectivity index (χ1v) is 8.01. The number of hydrogen-bond acceptors (Lipinski definition) is 2. The van der Waals surface area contributed by atoms with Gasteiger partial charge in [0.15, 0.2) is 0 Å². The van der Waals surface area contributed by atoms with Crippen LogP contribution in [0.2, 0.25) is 0 Å². The maximum atomic E-state index is 12.1. The molecule has 0 aliphatic rings. The highest BCUT2D eigenvalue weighted by molar-refractivity contribution is 5.65. The molecule has 1 N–H and O–H groups in total. The van der Waals surface area contributed by atoms with Crippen molar-refractivity contribution in [2.24, 2.45) is 0 Å². The molecule has 0 amide bonds. The SMILES string of the molecule is CC(C)(C)c1cc(-c2ccc[nH]c2=O)ccc1Oc1ccccc1. The van der Waals surface area contributed by atoms with Crippen molar-refractivity contribution in [3.63, 3.8) is 0 Å². The van der Waals surface area contributed by atoms with E-state index in [1.807, 2.05) is 60.7 Å². The van der Waals surface area contributed by atoms with Crippen molar-refractivity contribution >= 4 is 0 Å². The van der Waals surface area contributed by atoms with Gasteiger partial charge < -0.3 is 9.72 Å². The standard InChI is InChI=1S/C21H21NO2/c1-21(2,3)18-14-15(17-10-7-13-22-20(17)23)11-12-19(18)24-16-8-5-4-6-9-16/h4-14H,1-3H3,(H,22,23). The largest absolute Gasteiger partial charge is 0.457 e. The average Bonchev–Trinajstić information content (AvgIpc) is 2.56. The normalized spacial score (nSPS) is 11.3. The van der Waals surface area contributed by atoms with Gasteiger partial charge in [0, 0.05) is 17.3 Å². The molecule has 3 heteroatoms. The van der Waals surface area contributed by atoms with Gasteiger partial charge in [-0.15, -0.1) is 0 Å². The van der Waals surface area contributed by atoms with E-state index in [-0.39, 0.29) is 11.0 Å². The second-order valence-corrected chi connectivity index (χ2v) is 6.79. The zero-order chi connectivity index (χ0) is 17.2. The zero-order valence-corrected chi connectivity index (χ0v) is 14.2. The summed E-state index contributed by atoms with van der Waals surface area (Å²) in [7, 11) is 0. The summed E-state index contributed by atoms with van der Waals surface area (Å²) in [6.45, 7) is 6.41. The number of benzene rings is 2. The summed E-state index contributed by atoms with van der Waals surface area (Å²) in [4.78, 5) is 14.8. The fourth-order valence-corrected chi connectivity index (χ4v) is 2.64. The summed E-state index contributed by atoms with van der Waals surface area (Å²) in [6, 6.07) is 19.3. The predicted octanol–water partition coefficient (Wildman–Crippen LogP) is 5.13. The Labute approximate surface area is 142 Å². The van der Waals surface area contributed by atoms with Crippen molar-refractivity contribution in [2.75, 3.05) is 0 Å². The van der Waals surface area contributed by atoms with E-state index >= 15 is 0 Å². The highest BCUT2D eigenvalue weighted by Crippen LogP contribution is 2.36. The lowest BCUT2D eigenvalue weighted by Gasteiger charge is -2.23. The van der Waals surface area contributed by atoms with Crippen LogP contribution in [0.25, 0.3) is 11.1 Å². The van der Waals surface area contributed by atoms with Crippen LogP contribution >= 0.6 is 0 Å². The second kappa shape index (κ2) is 6.36.